The lowest BCUT2D eigenvalue weighted by molar-refractivity contribution is -0.166. The Bertz CT molecular complexity index is 508. The van der Waals surface area contributed by atoms with Gasteiger partial charge in [0, 0.05) is 24.6 Å². The van der Waals surface area contributed by atoms with E-state index in [4.69, 9.17) is 10.5 Å². The van der Waals surface area contributed by atoms with Crippen LogP contribution in [0.1, 0.15) is 32.8 Å². The molecule has 22 heavy (non-hydrogen) atoms. The van der Waals surface area contributed by atoms with E-state index in [0.29, 0.717) is 18.8 Å². The Balaban J connectivity index is 0.00000220. The third-order valence-electron chi connectivity index (χ3n) is 4.39. The minimum Gasteiger partial charge on any atom is -0.378 e. The summed E-state index contributed by atoms with van der Waals surface area (Å²) in [5.74, 6) is 0.330. The van der Waals surface area contributed by atoms with Gasteiger partial charge in [-0.15, -0.1) is 24.8 Å². The Hall–Kier alpha value is -0.880. The Morgan fingerprint density at radius 1 is 1.45 bits per heavy atom. The number of aromatic nitrogens is 1. The van der Waals surface area contributed by atoms with Crippen LogP contribution in [0.5, 0.6) is 0 Å². The van der Waals surface area contributed by atoms with E-state index in [-0.39, 0.29) is 36.8 Å². The van der Waals surface area contributed by atoms with E-state index in [1.165, 1.54) is 0 Å². The highest BCUT2D eigenvalue weighted by atomic mass is 35.5. The van der Waals surface area contributed by atoms with Crippen molar-refractivity contribution in [3.05, 3.63) is 23.9 Å². The van der Waals surface area contributed by atoms with Gasteiger partial charge in [0.15, 0.2) is 0 Å². The van der Waals surface area contributed by atoms with E-state index in [1.54, 1.807) is 12.3 Å². The van der Waals surface area contributed by atoms with Crippen LogP contribution in [0.15, 0.2) is 18.3 Å². The molecule has 2 unspecified atom stereocenters. The number of ether oxygens (including phenoxy) is 1. The van der Waals surface area contributed by atoms with Crippen molar-refractivity contribution in [3.8, 4) is 0 Å². The average Bonchev–Trinajstić information content (AvgIpc) is 2.40. The lowest BCUT2D eigenvalue weighted by Crippen LogP contribution is -2.74. The molecule has 1 aromatic heterocycles. The van der Waals surface area contributed by atoms with Gasteiger partial charge in [0.2, 0.25) is 5.91 Å². The Kier molecular flexibility index (Phi) is 7.29. The van der Waals surface area contributed by atoms with Gasteiger partial charge in [0.1, 0.15) is 11.4 Å². The van der Waals surface area contributed by atoms with Crippen LogP contribution in [0, 0.1) is 12.3 Å². The summed E-state index contributed by atoms with van der Waals surface area (Å²) in [6, 6.07) is 3.68. The van der Waals surface area contributed by atoms with Crippen LogP contribution in [0.4, 0.5) is 5.82 Å². The van der Waals surface area contributed by atoms with Crippen LogP contribution < -0.4 is 11.1 Å². The van der Waals surface area contributed by atoms with Gasteiger partial charge in [0.05, 0.1) is 6.10 Å². The summed E-state index contributed by atoms with van der Waals surface area (Å²) in [6.07, 6.45) is 2.27. The van der Waals surface area contributed by atoms with Crippen LogP contribution >= 0.6 is 24.8 Å². The lowest BCUT2D eigenvalue weighted by Gasteiger charge is -2.57. The predicted octanol–water partition coefficient (Wildman–Crippen LogP) is 2.70. The molecule has 0 bridgehead atoms. The van der Waals surface area contributed by atoms with Crippen molar-refractivity contribution < 1.29 is 9.53 Å². The maximum Gasteiger partial charge on any atom is 0.246 e. The van der Waals surface area contributed by atoms with E-state index in [0.717, 1.165) is 5.56 Å². The number of hydrogen-bond acceptors (Lipinski definition) is 4. The maximum atomic E-state index is 12.4. The molecule has 1 heterocycles. The fourth-order valence-electron chi connectivity index (χ4n) is 2.59. The van der Waals surface area contributed by atoms with E-state index < -0.39 is 11.0 Å². The molecule has 0 saturated heterocycles. The number of pyridine rings is 1. The van der Waals surface area contributed by atoms with Gasteiger partial charge in [-0.1, -0.05) is 19.9 Å². The number of anilines is 1. The van der Waals surface area contributed by atoms with Gasteiger partial charge in [-0.2, -0.15) is 0 Å². The summed E-state index contributed by atoms with van der Waals surface area (Å²) in [5.41, 5.74) is 6.04. The van der Waals surface area contributed by atoms with Gasteiger partial charge in [-0.3, -0.25) is 4.79 Å². The molecule has 2 atom stereocenters. The van der Waals surface area contributed by atoms with E-state index in [2.05, 4.69) is 10.3 Å². The van der Waals surface area contributed by atoms with Gasteiger partial charge < -0.3 is 15.8 Å². The summed E-state index contributed by atoms with van der Waals surface area (Å²) in [6.45, 7) is 8.47. The standard InChI is InChI=1S/C15H23N3O2.2ClH/c1-5-20-11-8-15(16,14(11,3)4)13(19)18-12-7-6-10(2)9-17-12;;/h6-7,9,11H,5,8,16H2,1-4H3,(H,17,18,19);2*1H. The van der Waals surface area contributed by atoms with Gasteiger partial charge >= 0.3 is 0 Å². The summed E-state index contributed by atoms with van der Waals surface area (Å²) >= 11 is 0. The molecule has 1 amide bonds. The monoisotopic (exact) mass is 349 g/mol. The number of carbonyl (C=O) groups is 1. The first-order valence-electron chi connectivity index (χ1n) is 6.96. The number of hydrogen-bond donors (Lipinski definition) is 2. The smallest absolute Gasteiger partial charge is 0.246 e. The summed E-state index contributed by atoms with van der Waals surface area (Å²) in [4.78, 5) is 16.6. The number of nitrogens with one attached hydrogen (secondary N) is 1. The minimum absolute atomic E-state index is 0. The molecule has 7 heteroatoms. The first-order valence-corrected chi connectivity index (χ1v) is 6.96. The number of halogens is 2. The van der Waals surface area contributed by atoms with Gasteiger partial charge in [0.25, 0.3) is 0 Å². The maximum absolute atomic E-state index is 12.4. The van der Waals surface area contributed by atoms with Crippen molar-refractivity contribution >= 4 is 36.5 Å². The summed E-state index contributed by atoms with van der Waals surface area (Å²) in [7, 11) is 0. The molecular formula is C15H25Cl2N3O2. The zero-order chi connectivity index (χ0) is 15.0. The van der Waals surface area contributed by atoms with Crippen molar-refractivity contribution in [2.75, 3.05) is 11.9 Å². The first kappa shape index (κ1) is 21.1. The largest absolute Gasteiger partial charge is 0.378 e. The number of nitrogens with two attached hydrogens (primary N) is 1. The average molecular weight is 350 g/mol. The molecule has 3 N–H and O–H groups in total. The molecule has 1 aromatic rings. The zero-order valence-electron chi connectivity index (χ0n) is 13.4. The van der Waals surface area contributed by atoms with Gasteiger partial charge in [-0.25, -0.2) is 4.98 Å². The third kappa shape index (κ3) is 3.54. The zero-order valence-corrected chi connectivity index (χ0v) is 15.0. The second-order valence-electron chi connectivity index (χ2n) is 6.02. The van der Waals surface area contributed by atoms with E-state index in [9.17, 15) is 4.79 Å². The number of carbonyl (C=O) groups excluding carboxylic acids is 1. The Labute approximate surface area is 144 Å². The predicted molar refractivity (Wildman–Crippen MR) is 92.8 cm³/mol. The van der Waals surface area contributed by atoms with Crippen LogP contribution in [0.25, 0.3) is 0 Å². The summed E-state index contributed by atoms with van der Waals surface area (Å²) in [5, 5.41) is 2.80. The second kappa shape index (κ2) is 7.59. The fourth-order valence-corrected chi connectivity index (χ4v) is 2.59. The number of rotatable bonds is 4. The molecule has 0 radical (unpaired) electrons. The molecule has 0 aliphatic heterocycles. The SMILES string of the molecule is CCOC1CC(N)(C(=O)Nc2ccc(C)cn2)C1(C)C.Cl.Cl. The molecule has 5 nitrogen and oxygen atoms in total. The van der Waals surface area contributed by atoms with Crippen LogP contribution in [0.2, 0.25) is 0 Å². The summed E-state index contributed by atoms with van der Waals surface area (Å²) < 4.78 is 5.63. The Morgan fingerprint density at radius 2 is 2.09 bits per heavy atom. The third-order valence-corrected chi connectivity index (χ3v) is 4.39. The minimum atomic E-state index is -0.917. The number of nitrogens with zero attached hydrogens (tertiary/aromatic N) is 1. The van der Waals surface area contributed by atoms with Crippen LogP contribution in [-0.4, -0.2) is 29.1 Å². The lowest BCUT2D eigenvalue weighted by atomic mass is 9.54. The highest BCUT2D eigenvalue weighted by molar-refractivity contribution is 5.99. The van der Waals surface area contributed by atoms with Crippen LogP contribution in [-0.2, 0) is 9.53 Å². The fraction of sp³-hybridized carbons (Fsp3) is 0.600. The van der Waals surface area contributed by atoms with Crippen molar-refractivity contribution in [1.82, 2.24) is 4.98 Å². The van der Waals surface area contributed by atoms with Crippen molar-refractivity contribution in [2.24, 2.45) is 11.1 Å². The van der Waals surface area contributed by atoms with E-state index in [1.807, 2.05) is 33.8 Å². The quantitative estimate of drug-likeness (QED) is 0.875. The highest BCUT2D eigenvalue weighted by Gasteiger charge is 2.62. The molecule has 0 spiro atoms. The second-order valence-corrected chi connectivity index (χ2v) is 6.02. The normalized spacial score (nSPS) is 25.2. The Morgan fingerprint density at radius 3 is 2.55 bits per heavy atom. The molecule has 126 valence electrons. The van der Waals surface area contributed by atoms with Gasteiger partial charge in [-0.05, 0) is 25.5 Å². The number of aryl methyl sites for hydroxylation is 1. The molecule has 1 fully saturated rings. The molecule has 1 aliphatic carbocycles. The topological polar surface area (TPSA) is 77.2 Å². The van der Waals surface area contributed by atoms with E-state index >= 15 is 0 Å². The molecule has 1 aliphatic rings. The number of amides is 1. The van der Waals surface area contributed by atoms with Crippen molar-refractivity contribution in [2.45, 2.75) is 45.8 Å². The highest BCUT2D eigenvalue weighted by Crippen LogP contribution is 2.50. The molecule has 1 saturated carbocycles. The van der Waals surface area contributed by atoms with Crippen LogP contribution in [0.3, 0.4) is 0 Å². The first-order chi connectivity index (χ1) is 9.31. The van der Waals surface area contributed by atoms with Crippen molar-refractivity contribution in [1.29, 1.82) is 0 Å². The molecular weight excluding hydrogens is 325 g/mol. The van der Waals surface area contributed by atoms with Crippen molar-refractivity contribution in [3.63, 3.8) is 0 Å². The molecule has 0 aromatic carbocycles. The molecule has 2 rings (SSSR count).